The van der Waals surface area contributed by atoms with Crippen LogP contribution < -0.4 is 11.1 Å². The lowest BCUT2D eigenvalue weighted by Crippen LogP contribution is -2.28. The van der Waals surface area contributed by atoms with Crippen LogP contribution in [0.5, 0.6) is 0 Å². The monoisotopic (exact) mass is 379 g/mol. The molecule has 1 aromatic carbocycles. The van der Waals surface area contributed by atoms with E-state index in [9.17, 15) is 10.0 Å². The number of fused-ring (bicyclic) bond motifs is 1. The fraction of sp³-hybridized carbons (Fsp3) is 0.273. The number of hydrogen-bond acceptors (Lipinski definition) is 6. The van der Waals surface area contributed by atoms with E-state index < -0.39 is 5.60 Å². The van der Waals surface area contributed by atoms with Gasteiger partial charge in [0.1, 0.15) is 23.2 Å². The second-order valence-electron chi connectivity index (χ2n) is 7.45. The number of nitrogens with two attached hydrogens (primary N) is 1. The molecule has 2 aliphatic rings. The van der Waals surface area contributed by atoms with Gasteiger partial charge in [-0.05, 0) is 79.5 Å². The lowest BCUT2D eigenvalue weighted by atomic mass is 9.88. The van der Waals surface area contributed by atoms with Crippen molar-refractivity contribution in [2.24, 2.45) is 16.8 Å². The lowest BCUT2D eigenvalue weighted by Gasteiger charge is -2.25. The van der Waals surface area contributed by atoms with Gasteiger partial charge in [-0.25, -0.2) is 0 Å². The van der Waals surface area contributed by atoms with Crippen LogP contribution in [0.1, 0.15) is 26.3 Å². The molecule has 3 rings (SSSR count). The molecular weight excluding hydrogens is 354 g/mol. The normalized spacial score (nSPS) is 20.5. The third-order valence-electron chi connectivity index (χ3n) is 5.00. The maximum Gasteiger partial charge on any atom is 0.138 e. The van der Waals surface area contributed by atoms with Crippen molar-refractivity contribution in [2.45, 2.75) is 32.4 Å². The predicted octanol–water partition coefficient (Wildman–Crippen LogP) is 4.00. The Morgan fingerprint density at radius 3 is 2.68 bits per heavy atom. The number of rotatable bonds is 6. The third kappa shape index (κ3) is 4.07. The molecule has 0 aliphatic carbocycles. The Hall–Kier alpha value is -3.12. The summed E-state index contributed by atoms with van der Waals surface area (Å²) >= 11 is 0. The maximum absolute atomic E-state index is 10.6. The fourth-order valence-corrected chi connectivity index (χ4v) is 3.00. The summed E-state index contributed by atoms with van der Waals surface area (Å²) < 4.78 is 6.17. The van der Waals surface area contributed by atoms with Crippen molar-refractivity contribution >= 4 is 11.4 Å². The predicted molar refractivity (Wildman–Crippen MR) is 111 cm³/mol. The molecule has 2 heterocycles. The van der Waals surface area contributed by atoms with E-state index in [1.807, 2.05) is 37.4 Å². The number of hydrogen-bond donors (Lipinski definition) is 3. The SMILES string of the molecule is CC(/C=C(\C=C/N)C1=C2OC(c3ccc(N=O)cc3)=CC2NC=C1)C(C)(C)O. The van der Waals surface area contributed by atoms with Gasteiger partial charge < -0.3 is 20.9 Å². The molecule has 2 atom stereocenters. The van der Waals surface area contributed by atoms with Gasteiger partial charge in [-0.1, -0.05) is 13.0 Å². The molecule has 0 saturated carbocycles. The number of dihydropyridines is 1. The Morgan fingerprint density at radius 1 is 1.36 bits per heavy atom. The Bertz CT molecular complexity index is 900. The van der Waals surface area contributed by atoms with Gasteiger partial charge >= 0.3 is 0 Å². The zero-order valence-electron chi connectivity index (χ0n) is 16.2. The first-order valence-electron chi connectivity index (χ1n) is 9.16. The Kier molecular flexibility index (Phi) is 5.51. The van der Waals surface area contributed by atoms with Gasteiger partial charge in [-0.2, -0.15) is 0 Å². The van der Waals surface area contributed by atoms with Crippen molar-refractivity contribution in [2.75, 3.05) is 0 Å². The molecule has 1 aromatic rings. The summed E-state index contributed by atoms with van der Waals surface area (Å²) in [6.45, 7) is 5.51. The highest BCUT2D eigenvalue weighted by atomic mass is 16.5. The molecule has 0 bridgehead atoms. The summed E-state index contributed by atoms with van der Waals surface area (Å²) in [5.41, 5.74) is 7.83. The highest BCUT2D eigenvalue weighted by molar-refractivity contribution is 5.68. The molecule has 28 heavy (non-hydrogen) atoms. The minimum atomic E-state index is -0.858. The van der Waals surface area contributed by atoms with Gasteiger partial charge in [0, 0.05) is 17.1 Å². The standard InChI is InChI=1S/C22H25N3O3/c1-14(22(2,3)26)12-16(8-10-23)18-9-11-24-19-13-20(28-21(18)19)15-4-6-17(25-27)7-5-15/h4-14,19,24,26H,23H2,1-3H3/b10-8-,16-12+. The third-order valence-corrected chi connectivity index (χ3v) is 5.00. The van der Waals surface area contributed by atoms with Crippen molar-refractivity contribution in [1.29, 1.82) is 0 Å². The Morgan fingerprint density at radius 2 is 2.07 bits per heavy atom. The summed E-state index contributed by atoms with van der Waals surface area (Å²) in [5, 5.41) is 16.5. The zero-order valence-corrected chi connectivity index (χ0v) is 16.2. The number of nitroso groups, excluding NO2 is 1. The molecule has 6 heteroatoms. The molecule has 146 valence electrons. The molecule has 0 saturated heterocycles. The van der Waals surface area contributed by atoms with Crippen LogP contribution in [-0.2, 0) is 4.74 Å². The number of allylic oxidation sites excluding steroid dienone is 4. The summed E-state index contributed by atoms with van der Waals surface area (Å²) in [6.07, 6.45) is 11.1. The summed E-state index contributed by atoms with van der Waals surface area (Å²) in [7, 11) is 0. The van der Waals surface area contributed by atoms with Crippen molar-refractivity contribution in [3.05, 3.63) is 88.3 Å². The maximum atomic E-state index is 10.6. The van der Waals surface area contributed by atoms with E-state index >= 15 is 0 Å². The summed E-state index contributed by atoms with van der Waals surface area (Å²) in [4.78, 5) is 10.6. The molecule has 0 aromatic heterocycles. The second-order valence-corrected chi connectivity index (χ2v) is 7.45. The van der Waals surface area contributed by atoms with Crippen LogP contribution in [0.25, 0.3) is 5.76 Å². The van der Waals surface area contributed by atoms with Crippen LogP contribution in [0, 0.1) is 10.8 Å². The zero-order chi connectivity index (χ0) is 20.3. The van der Waals surface area contributed by atoms with E-state index in [1.165, 1.54) is 6.20 Å². The van der Waals surface area contributed by atoms with E-state index in [0.717, 1.165) is 22.5 Å². The van der Waals surface area contributed by atoms with Crippen LogP contribution in [0.3, 0.4) is 0 Å². The molecule has 2 aliphatic heterocycles. The average molecular weight is 379 g/mol. The van der Waals surface area contributed by atoms with Crippen molar-refractivity contribution in [3.8, 4) is 0 Å². The first kappa shape index (κ1) is 19.6. The highest BCUT2D eigenvalue weighted by Gasteiger charge is 2.30. The minimum absolute atomic E-state index is 0.0919. The van der Waals surface area contributed by atoms with Crippen LogP contribution in [-0.4, -0.2) is 16.7 Å². The number of aliphatic hydroxyl groups is 1. The number of benzene rings is 1. The molecular formula is C22H25N3O3. The second kappa shape index (κ2) is 7.86. The van der Waals surface area contributed by atoms with Gasteiger partial charge in [-0.15, -0.1) is 4.91 Å². The quantitative estimate of drug-likeness (QED) is 0.513. The topological polar surface area (TPSA) is 96.9 Å². The van der Waals surface area contributed by atoms with Gasteiger partial charge in [0.25, 0.3) is 0 Å². The average Bonchev–Trinajstić information content (AvgIpc) is 3.11. The van der Waals surface area contributed by atoms with Gasteiger partial charge in [0.05, 0.1) is 5.60 Å². The lowest BCUT2D eigenvalue weighted by molar-refractivity contribution is 0.0439. The smallest absolute Gasteiger partial charge is 0.138 e. The van der Waals surface area contributed by atoms with E-state index in [4.69, 9.17) is 10.5 Å². The molecule has 6 nitrogen and oxygen atoms in total. The number of nitrogens with zero attached hydrogens (tertiary/aromatic N) is 1. The van der Waals surface area contributed by atoms with Gasteiger partial charge in [0.2, 0.25) is 0 Å². The van der Waals surface area contributed by atoms with E-state index in [0.29, 0.717) is 11.4 Å². The largest absolute Gasteiger partial charge is 0.458 e. The molecule has 0 fully saturated rings. The van der Waals surface area contributed by atoms with Crippen LogP contribution >= 0.6 is 0 Å². The minimum Gasteiger partial charge on any atom is -0.458 e. The van der Waals surface area contributed by atoms with E-state index in [-0.39, 0.29) is 12.0 Å². The van der Waals surface area contributed by atoms with Crippen LogP contribution in [0.4, 0.5) is 5.69 Å². The van der Waals surface area contributed by atoms with E-state index in [2.05, 4.69) is 10.5 Å². The van der Waals surface area contributed by atoms with Crippen LogP contribution in [0.15, 0.2) is 83.1 Å². The first-order valence-corrected chi connectivity index (χ1v) is 9.16. The molecule has 2 unspecified atom stereocenters. The van der Waals surface area contributed by atoms with E-state index in [1.54, 1.807) is 38.1 Å². The first-order chi connectivity index (χ1) is 13.3. The van der Waals surface area contributed by atoms with Crippen LogP contribution in [0.2, 0.25) is 0 Å². The van der Waals surface area contributed by atoms with Crippen molar-refractivity contribution in [1.82, 2.24) is 5.32 Å². The molecule has 0 amide bonds. The fourth-order valence-electron chi connectivity index (χ4n) is 3.00. The summed E-state index contributed by atoms with van der Waals surface area (Å²) in [5.74, 6) is 1.38. The highest BCUT2D eigenvalue weighted by Crippen LogP contribution is 2.36. The number of ether oxygens (including phenoxy) is 1. The van der Waals surface area contributed by atoms with Crippen molar-refractivity contribution < 1.29 is 9.84 Å². The molecule has 0 radical (unpaired) electrons. The molecule has 0 spiro atoms. The number of nitrogens with one attached hydrogen (secondary N) is 1. The van der Waals surface area contributed by atoms with Gasteiger partial charge in [-0.3, -0.25) is 0 Å². The van der Waals surface area contributed by atoms with Gasteiger partial charge in [0.15, 0.2) is 0 Å². The van der Waals surface area contributed by atoms with Crippen molar-refractivity contribution in [3.63, 3.8) is 0 Å². The summed E-state index contributed by atoms with van der Waals surface area (Å²) in [6, 6.07) is 6.82. The molecule has 4 N–H and O–H groups in total. The Balaban J connectivity index is 1.96. The Labute approximate surface area is 164 Å².